The molecule has 0 radical (unpaired) electrons. The Morgan fingerprint density at radius 2 is 0.917 bits per heavy atom. The maximum Gasteiger partial charge on any atom is 0.864 e. The van der Waals surface area contributed by atoms with E-state index >= 15 is 0 Å². The van der Waals surface area contributed by atoms with Crippen molar-refractivity contribution in [3.8, 4) is 34.0 Å². The molecular weight excluding hydrogens is 739 g/mol. The maximum absolute atomic E-state index is 13.8. The smallest absolute Gasteiger partial charge is 0.488 e. The van der Waals surface area contributed by atoms with Gasteiger partial charge in [-0.2, -0.15) is 0 Å². The Morgan fingerprint density at radius 1 is 0.517 bits per heavy atom. The number of allylic oxidation sites excluding steroid dienone is 1. The second-order valence-corrected chi connectivity index (χ2v) is 16.8. The van der Waals surface area contributed by atoms with Crippen molar-refractivity contribution in [1.29, 1.82) is 0 Å². The predicted octanol–water partition coefficient (Wildman–Crippen LogP) is 15.3. The molecule has 2 N–H and O–H groups in total. The zero-order valence-electron chi connectivity index (χ0n) is 36.6. The van der Waals surface area contributed by atoms with Crippen LogP contribution in [0.1, 0.15) is 170 Å². The molecule has 0 spiro atoms. The molecule has 0 aliphatic carbocycles. The summed E-state index contributed by atoms with van der Waals surface area (Å²) in [6.45, 7) is 4.57. The van der Waals surface area contributed by atoms with Gasteiger partial charge in [-0.1, -0.05) is 190 Å². The number of hydrogen-bond donors (Lipinski definition) is 2. The van der Waals surface area contributed by atoms with Gasteiger partial charge >= 0.3 is 7.32 Å². The van der Waals surface area contributed by atoms with Crippen LogP contribution in [0.2, 0.25) is 0 Å². The largest absolute Gasteiger partial charge is 0.864 e. The number of aromatic amines is 2. The van der Waals surface area contributed by atoms with Crippen LogP contribution in [0.25, 0.3) is 28.3 Å². The van der Waals surface area contributed by atoms with E-state index in [4.69, 9.17) is 14.0 Å². The summed E-state index contributed by atoms with van der Waals surface area (Å²) in [4.78, 5) is 20.6. The molecule has 1 aliphatic heterocycles. The average molecular weight is 809 g/mol. The average Bonchev–Trinajstić information content (AvgIpc) is 4.06. The number of rotatable bonds is 29. The number of unbranched alkanes of at least 4 members (excludes halogenated alkanes) is 18. The van der Waals surface area contributed by atoms with Gasteiger partial charge in [-0.3, -0.25) is 4.79 Å². The van der Waals surface area contributed by atoms with E-state index < -0.39 is 7.32 Å². The fourth-order valence-corrected chi connectivity index (χ4v) is 8.30. The second kappa shape index (κ2) is 25.0. The first-order chi connectivity index (χ1) is 29.6. The van der Waals surface area contributed by atoms with Crippen LogP contribution < -0.4 is 9.31 Å². The number of aryl methyl sites for hydroxylation is 2. The maximum atomic E-state index is 13.8. The van der Waals surface area contributed by atoms with E-state index in [0.29, 0.717) is 28.6 Å². The van der Waals surface area contributed by atoms with Gasteiger partial charge in [-0.15, -0.1) is 0 Å². The first-order valence-corrected chi connectivity index (χ1v) is 23.5. The van der Waals surface area contributed by atoms with E-state index in [1.807, 2.05) is 72.8 Å². The fraction of sp³-hybridized carbons (Fsp3) is 0.453. The van der Waals surface area contributed by atoms with Crippen LogP contribution in [0.3, 0.4) is 0 Å². The predicted molar refractivity (Wildman–Crippen MR) is 250 cm³/mol. The molecular formula is C53H69BN2O4. The minimum absolute atomic E-state index is 0.212. The van der Waals surface area contributed by atoms with Gasteiger partial charge in [0, 0.05) is 17.5 Å². The summed E-state index contributed by atoms with van der Waals surface area (Å²) in [5, 5.41) is 0. The van der Waals surface area contributed by atoms with E-state index in [2.05, 4.69) is 48.1 Å². The van der Waals surface area contributed by atoms with Crippen LogP contribution in [0.4, 0.5) is 0 Å². The van der Waals surface area contributed by atoms with Gasteiger partial charge in [0.15, 0.2) is 0 Å². The first-order valence-electron chi connectivity index (χ1n) is 23.5. The topological polar surface area (TPSA) is 76.3 Å². The molecule has 6 rings (SSSR count). The number of fused-ring (bicyclic) bond motifs is 1. The Bertz CT molecular complexity index is 1960. The van der Waals surface area contributed by atoms with E-state index in [1.165, 1.54) is 146 Å². The third kappa shape index (κ3) is 14.1. The molecule has 0 bridgehead atoms. The number of hydrogen-bond acceptors (Lipinski definition) is 4. The summed E-state index contributed by atoms with van der Waals surface area (Å²) in [7, 11) is -1.04. The zero-order chi connectivity index (χ0) is 41.6. The Hall–Kier alpha value is -4.91. The molecule has 3 aromatic carbocycles. The van der Waals surface area contributed by atoms with Crippen molar-refractivity contribution < 1.29 is 18.8 Å². The van der Waals surface area contributed by atoms with Gasteiger partial charge in [-0.25, -0.2) is 0 Å². The van der Waals surface area contributed by atoms with Crippen molar-refractivity contribution in [3.63, 3.8) is 0 Å². The molecule has 0 saturated heterocycles. The highest BCUT2D eigenvalue weighted by Crippen LogP contribution is 2.39. The normalized spacial score (nSPS) is 12.4. The first kappa shape index (κ1) is 44.6. The van der Waals surface area contributed by atoms with Gasteiger partial charge in [0.1, 0.15) is 17.3 Å². The molecule has 0 unspecified atom stereocenters. The highest BCUT2D eigenvalue weighted by atomic mass is 16.8. The summed E-state index contributed by atoms with van der Waals surface area (Å²) in [5.41, 5.74) is 7.69. The highest BCUT2D eigenvalue weighted by Gasteiger charge is 2.39. The quantitative estimate of drug-likeness (QED) is 0.0166. The van der Waals surface area contributed by atoms with Gasteiger partial charge in [0.25, 0.3) is 0 Å². The summed E-state index contributed by atoms with van der Waals surface area (Å²) in [6.07, 6.45) is 30.1. The number of carbonyl (C=O) groups is 1. The van der Waals surface area contributed by atoms with E-state index in [-0.39, 0.29) is 5.78 Å². The molecule has 0 amide bonds. The molecule has 5 aromatic rings. The van der Waals surface area contributed by atoms with Crippen molar-refractivity contribution in [2.24, 2.45) is 0 Å². The molecule has 0 saturated carbocycles. The Balaban J connectivity index is 1.12. The van der Waals surface area contributed by atoms with Crippen LogP contribution in [0, 0.1) is 0 Å². The lowest BCUT2D eigenvalue weighted by Crippen LogP contribution is -2.28. The summed E-state index contributed by atoms with van der Waals surface area (Å²) < 4.78 is 19.2. The number of nitrogens with one attached hydrogen (secondary N) is 2. The van der Waals surface area contributed by atoms with Crippen molar-refractivity contribution in [1.82, 2.24) is 9.97 Å². The van der Waals surface area contributed by atoms with E-state index in [9.17, 15) is 4.79 Å². The molecule has 6 nitrogen and oxygen atoms in total. The van der Waals surface area contributed by atoms with Crippen LogP contribution in [0.15, 0.2) is 103 Å². The third-order valence-corrected chi connectivity index (χ3v) is 11.9. The van der Waals surface area contributed by atoms with Crippen molar-refractivity contribution >= 4 is 18.9 Å². The van der Waals surface area contributed by atoms with E-state index in [1.54, 1.807) is 0 Å². The van der Waals surface area contributed by atoms with Gasteiger partial charge < -0.3 is 23.9 Å². The van der Waals surface area contributed by atoms with Gasteiger partial charge in [-0.05, 0) is 84.3 Å². The zero-order valence-corrected chi connectivity index (χ0v) is 36.6. The van der Waals surface area contributed by atoms with Crippen LogP contribution >= 0.6 is 0 Å². The second-order valence-electron chi connectivity index (χ2n) is 16.8. The Morgan fingerprint density at radius 3 is 1.37 bits per heavy atom. The lowest BCUT2D eigenvalue weighted by molar-refractivity contribution is 0.104. The minimum Gasteiger partial charge on any atom is -0.488 e. The lowest BCUT2D eigenvalue weighted by Gasteiger charge is -2.12. The number of carbonyl (C=O) groups excluding carboxylic acids is 1. The summed E-state index contributed by atoms with van der Waals surface area (Å²) >= 11 is 0. The minimum atomic E-state index is -1.04. The van der Waals surface area contributed by atoms with Crippen molar-refractivity contribution in [2.45, 2.75) is 155 Å². The fourth-order valence-electron chi connectivity index (χ4n) is 8.30. The molecule has 2 aromatic heterocycles. The molecule has 7 heteroatoms. The number of benzene rings is 3. The SMILES string of the molecule is CCCCCCCCCCCCc1cc2c(cc1CCCCCCCCCCCC)OB(O/C(=C\C(=O)c1ccc(-c3ccccc3)[nH]1)c1ccc(-c3ccccc3)[nH]1)O2. The van der Waals surface area contributed by atoms with Crippen LogP contribution in [0.5, 0.6) is 11.5 Å². The van der Waals surface area contributed by atoms with E-state index in [0.717, 1.165) is 35.4 Å². The van der Waals surface area contributed by atoms with Gasteiger partial charge in [0.05, 0.1) is 11.4 Å². The van der Waals surface area contributed by atoms with Gasteiger partial charge in [0.2, 0.25) is 5.78 Å². The third-order valence-electron chi connectivity index (χ3n) is 11.9. The number of H-pyrrole nitrogens is 2. The number of ketones is 1. The molecule has 3 heterocycles. The van der Waals surface area contributed by atoms with Crippen LogP contribution in [-0.4, -0.2) is 23.1 Å². The highest BCUT2D eigenvalue weighted by molar-refractivity contribution is 6.41. The molecule has 1 aliphatic rings. The molecule has 0 atom stereocenters. The molecule has 318 valence electrons. The monoisotopic (exact) mass is 809 g/mol. The standard InChI is InChI=1S/C53H69BN2O4/c1-3-5-7-9-11-13-15-17-19-23-33-44-39-52-53(40-45(44)34-24-20-18-16-14-12-10-8-6-4-2)60-54(59-52)58-51(49-38-36-47(56-49)43-31-27-22-28-32-43)41-50(57)48-37-35-46(55-48)42-29-25-21-26-30-42/h21-22,25-32,35-41,55-56H,3-20,23-24,33-34H2,1-2H3/b51-41-. The Labute approximate surface area is 361 Å². The summed E-state index contributed by atoms with van der Waals surface area (Å²) in [5.74, 6) is 1.53. The van der Waals surface area contributed by atoms with Crippen LogP contribution in [-0.2, 0) is 17.5 Å². The lowest BCUT2D eigenvalue weighted by atomic mass is 9.95. The molecule has 60 heavy (non-hydrogen) atoms. The Kier molecular flexibility index (Phi) is 18.6. The van der Waals surface area contributed by atoms with Crippen molar-refractivity contribution in [2.75, 3.05) is 0 Å². The number of aromatic nitrogens is 2. The summed E-state index contributed by atoms with van der Waals surface area (Å²) in [6, 6.07) is 32.2. The molecule has 0 fully saturated rings. The van der Waals surface area contributed by atoms with Crippen molar-refractivity contribution in [3.05, 3.63) is 126 Å².